The minimum Gasteiger partial charge on any atom is -0.370 e. The summed E-state index contributed by atoms with van der Waals surface area (Å²) in [6.07, 6.45) is 5.07. The van der Waals surface area contributed by atoms with Gasteiger partial charge in [-0.05, 0) is 37.5 Å². The van der Waals surface area contributed by atoms with Crippen LogP contribution in [0.25, 0.3) is 0 Å². The third-order valence-electron chi connectivity index (χ3n) is 3.98. The van der Waals surface area contributed by atoms with Crippen molar-refractivity contribution in [3.05, 3.63) is 0 Å². The quantitative estimate of drug-likeness (QED) is 0.529. The van der Waals surface area contributed by atoms with Gasteiger partial charge < -0.3 is 10.6 Å². The highest BCUT2D eigenvalue weighted by atomic mass is 15.3. The SMILES string of the molecule is CC1CCN(C(N)=NC2CCC2C)CC1. The van der Waals surface area contributed by atoms with E-state index >= 15 is 0 Å². The Bertz CT molecular complexity index is 241. The van der Waals surface area contributed by atoms with Crippen molar-refractivity contribution in [3.63, 3.8) is 0 Å². The van der Waals surface area contributed by atoms with Crippen LogP contribution in [0.15, 0.2) is 4.99 Å². The van der Waals surface area contributed by atoms with Crippen molar-refractivity contribution in [1.29, 1.82) is 0 Å². The zero-order valence-corrected chi connectivity index (χ0v) is 9.95. The smallest absolute Gasteiger partial charge is 0.191 e. The molecule has 3 heteroatoms. The number of guanidine groups is 1. The molecule has 2 aliphatic rings. The molecule has 2 fully saturated rings. The lowest BCUT2D eigenvalue weighted by Crippen LogP contribution is -2.44. The monoisotopic (exact) mass is 209 g/mol. The van der Waals surface area contributed by atoms with Crippen molar-refractivity contribution in [2.75, 3.05) is 13.1 Å². The van der Waals surface area contributed by atoms with Crippen LogP contribution >= 0.6 is 0 Å². The normalized spacial score (nSPS) is 34.0. The molecule has 0 amide bonds. The lowest BCUT2D eigenvalue weighted by Gasteiger charge is -2.35. The maximum Gasteiger partial charge on any atom is 0.191 e. The third-order valence-corrected chi connectivity index (χ3v) is 3.98. The number of nitrogens with zero attached hydrogens (tertiary/aromatic N) is 2. The summed E-state index contributed by atoms with van der Waals surface area (Å²) in [6.45, 7) is 6.77. The molecule has 0 spiro atoms. The largest absolute Gasteiger partial charge is 0.370 e. The van der Waals surface area contributed by atoms with E-state index in [0.717, 1.165) is 30.9 Å². The second-order valence-electron chi connectivity index (χ2n) is 5.28. The summed E-state index contributed by atoms with van der Waals surface area (Å²) in [4.78, 5) is 6.89. The van der Waals surface area contributed by atoms with Crippen molar-refractivity contribution >= 4 is 5.96 Å². The zero-order valence-electron chi connectivity index (χ0n) is 9.95. The predicted octanol–water partition coefficient (Wildman–Crippen LogP) is 1.83. The molecule has 2 rings (SSSR count). The average Bonchev–Trinajstić information content (AvgIpc) is 2.24. The van der Waals surface area contributed by atoms with E-state index in [4.69, 9.17) is 5.73 Å². The zero-order chi connectivity index (χ0) is 10.8. The van der Waals surface area contributed by atoms with E-state index in [2.05, 4.69) is 23.7 Å². The van der Waals surface area contributed by atoms with E-state index in [0.29, 0.717) is 6.04 Å². The van der Waals surface area contributed by atoms with Crippen molar-refractivity contribution < 1.29 is 0 Å². The number of likely N-dealkylation sites (tertiary alicyclic amines) is 1. The summed E-state index contributed by atoms with van der Waals surface area (Å²) >= 11 is 0. The molecule has 0 aromatic carbocycles. The van der Waals surface area contributed by atoms with Gasteiger partial charge in [0.05, 0.1) is 6.04 Å². The summed E-state index contributed by atoms with van der Waals surface area (Å²) < 4.78 is 0. The van der Waals surface area contributed by atoms with Gasteiger partial charge in [-0.2, -0.15) is 0 Å². The molecular formula is C12H23N3. The first-order valence-corrected chi connectivity index (χ1v) is 6.25. The summed E-state index contributed by atoms with van der Waals surface area (Å²) in [5, 5.41) is 0. The highest BCUT2D eigenvalue weighted by molar-refractivity contribution is 5.78. The third kappa shape index (κ3) is 2.44. The Morgan fingerprint density at radius 1 is 1.13 bits per heavy atom. The van der Waals surface area contributed by atoms with Crippen LogP contribution in [0.4, 0.5) is 0 Å². The summed E-state index contributed by atoms with van der Waals surface area (Å²) in [6, 6.07) is 0.504. The molecule has 2 N–H and O–H groups in total. The van der Waals surface area contributed by atoms with Crippen LogP contribution < -0.4 is 5.73 Å². The Hall–Kier alpha value is -0.730. The van der Waals surface area contributed by atoms with Gasteiger partial charge >= 0.3 is 0 Å². The van der Waals surface area contributed by atoms with Crippen LogP contribution in [0.1, 0.15) is 39.5 Å². The topological polar surface area (TPSA) is 41.6 Å². The van der Waals surface area contributed by atoms with Crippen molar-refractivity contribution in [3.8, 4) is 0 Å². The molecule has 3 nitrogen and oxygen atoms in total. The van der Waals surface area contributed by atoms with Crippen LogP contribution in [-0.2, 0) is 0 Å². The fourth-order valence-corrected chi connectivity index (χ4v) is 2.33. The van der Waals surface area contributed by atoms with E-state index in [-0.39, 0.29) is 0 Å². The Balaban J connectivity index is 1.87. The molecule has 0 aromatic rings. The minimum atomic E-state index is 0.504. The molecule has 1 heterocycles. The Kier molecular flexibility index (Phi) is 3.17. The molecule has 2 unspecified atom stereocenters. The number of hydrogen-bond donors (Lipinski definition) is 1. The standard InChI is InChI=1S/C12H23N3/c1-9-5-7-15(8-6-9)12(13)14-11-4-3-10(11)2/h9-11H,3-8H2,1-2H3,(H2,13,14). The number of hydrogen-bond acceptors (Lipinski definition) is 1. The molecular weight excluding hydrogens is 186 g/mol. The van der Waals surface area contributed by atoms with Crippen LogP contribution in [0.2, 0.25) is 0 Å². The minimum absolute atomic E-state index is 0.504. The maximum atomic E-state index is 6.04. The van der Waals surface area contributed by atoms with Gasteiger partial charge in [0.1, 0.15) is 0 Å². The van der Waals surface area contributed by atoms with Crippen molar-refractivity contribution in [2.45, 2.75) is 45.6 Å². The fraction of sp³-hybridized carbons (Fsp3) is 0.917. The van der Waals surface area contributed by atoms with Crippen molar-refractivity contribution in [1.82, 2.24) is 4.90 Å². The Morgan fingerprint density at radius 3 is 2.27 bits per heavy atom. The van der Waals surface area contributed by atoms with Gasteiger partial charge in [-0.3, -0.25) is 0 Å². The van der Waals surface area contributed by atoms with Gasteiger partial charge in [0.2, 0.25) is 0 Å². The predicted molar refractivity (Wildman–Crippen MR) is 63.8 cm³/mol. The van der Waals surface area contributed by atoms with Crippen LogP contribution in [0.5, 0.6) is 0 Å². The van der Waals surface area contributed by atoms with E-state index in [9.17, 15) is 0 Å². The summed E-state index contributed by atoms with van der Waals surface area (Å²) in [5.41, 5.74) is 6.04. The number of piperidine rings is 1. The van der Waals surface area contributed by atoms with E-state index in [1.807, 2.05) is 0 Å². The van der Waals surface area contributed by atoms with Gasteiger partial charge in [-0.1, -0.05) is 13.8 Å². The second-order valence-corrected chi connectivity index (χ2v) is 5.28. The van der Waals surface area contributed by atoms with E-state index in [1.54, 1.807) is 0 Å². The van der Waals surface area contributed by atoms with Gasteiger partial charge in [-0.25, -0.2) is 4.99 Å². The lowest BCUT2D eigenvalue weighted by atomic mass is 9.82. The first-order chi connectivity index (χ1) is 7.16. The van der Waals surface area contributed by atoms with Gasteiger partial charge in [0.25, 0.3) is 0 Å². The van der Waals surface area contributed by atoms with Gasteiger partial charge in [0, 0.05) is 13.1 Å². The summed E-state index contributed by atoms with van der Waals surface area (Å²) in [5.74, 6) is 2.39. The summed E-state index contributed by atoms with van der Waals surface area (Å²) in [7, 11) is 0. The molecule has 2 atom stereocenters. The number of aliphatic imine (C=N–C) groups is 1. The number of nitrogens with two attached hydrogens (primary N) is 1. The molecule has 1 aliphatic heterocycles. The molecule has 0 radical (unpaired) electrons. The van der Waals surface area contributed by atoms with E-state index < -0.39 is 0 Å². The first kappa shape index (κ1) is 10.8. The average molecular weight is 209 g/mol. The number of rotatable bonds is 1. The first-order valence-electron chi connectivity index (χ1n) is 6.25. The van der Waals surface area contributed by atoms with Gasteiger partial charge in [-0.15, -0.1) is 0 Å². The van der Waals surface area contributed by atoms with Crippen LogP contribution in [0.3, 0.4) is 0 Å². The lowest BCUT2D eigenvalue weighted by molar-refractivity contribution is 0.259. The highest BCUT2D eigenvalue weighted by Crippen LogP contribution is 2.29. The van der Waals surface area contributed by atoms with Crippen LogP contribution in [0, 0.1) is 11.8 Å². The fourth-order valence-electron chi connectivity index (χ4n) is 2.33. The Morgan fingerprint density at radius 2 is 1.80 bits per heavy atom. The highest BCUT2D eigenvalue weighted by Gasteiger charge is 2.27. The molecule has 0 bridgehead atoms. The molecule has 0 aromatic heterocycles. The maximum absolute atomic E-state index is 6.04. The van der Waals surface area contributed by atoms with Crippen molar-refractivity contribution in [2.24, 2.45) is 22.6 Å². The van der Waals surface area contributed by atoms with E-state index in [1.165, 1.54) is 25.7 Å². The molecule has 86 valence electrons. The Labute approximate surface area is 92.7 Å². The second kappa shape index (κ2) is 4.42. The molecule has 1 aliphatic carbocycles. The van der Waals surface area contributed by atoms with Gasteiger partial charge in [0.15, 0.2) is 5.96 Å². The molecule has 15 heavy (non-hydrogen) atoms. The molecule has 1 saturated heterocycles. The molecule has 1 saturated carbocycles. The van der Waals surface area contributed by atoms with Crippen LogP contribution in [-0.4, -0.2) is 30.0 Å².